The number of rotatable bonds is 3. The van der Waals surface area contributed by atoms with Crippen molar-refractivity contribution in [1.82, 2.24) is 14.5 Å². The number of hydrogen-bond acceptors (Lipinski definition) is 3. The largest absolute Gasteiger partial charge is 0.416 e. The van der Waals surface area contributed by atoms with Crippen LogP contribution >= 0.6 is 0 Å². The van der Waals surface area contributed by atoms with Gasteiger partial charge >= 0.3 is 6.18 Å². The number of carbonyl (C=O) groups is 1. The third-order valence-electron chi connectivity index (χ3n) is 4.48. The summed E-state index contributed by atoms with van der Waals surface area (Å²) in [5, 5.41) is 3.53. The molecule has 4 aromatic rings. The van der Waals surface area contributed by atoms with Gasteiger partial charge in [-0.3, -0.25) is 4.79 Å². The SMILES string of the molecule is Cn1ccnc1C(=O)Nc1cccc2ccc(-c3cccc(C(F)(F)F)c3)nc12. The molecule has 0 saturated heterocycles. The van der Waals surface area contributed by atoms with Crippen molar-refractivity contribution in [3.8, 4) is 11.3 Å². The average Bonchev–Trinajstić information content (AvgIpc) is 3.13. The van der Waals surface area contributed by atoms with Gasteiger partial charge in [0, 0.05) is 30.4 Å². The number of amides is 1. The van der Waals surface area contributed by atoms with E-state index in [1.165, 1.54) is 12.3 Å². The van der Waals surface area contributed by atoms with Gasteiger partial charge < -0.3 is 9.88 Å². The van der Waals surface area contributed by atoms with E-state index in [1.54, 1.807) is 48.1 Å². The van der Waals surface area contributed by atoms with E-state index >= 15 is 0 Å². The number of nitrogens with one attached hydrogen (secondary N) is 1. The number of carbonyl (C=O) groups excluding carboxylic acids is 1. The average molecular weight is 396 g/mol. The maximum atomic E-state index is 13.0. The first kappa shape index (κ1) is 18.7. The molecule has 0 aliphatic carbocycles. The molecule has 0 atom stereocenters. The summed E-state index contributed by atoms with van der Waals surface area (Å²) in [5.74, 6) is -0.174. The summed E-state index contributed by atoms with van der Waals surface area (Å²) in [6.07, 6.45) is -1.27. The van der Waals surface area contributed by atoms with Crippen molar-refractivity contribution in [2.75, 3.05) is 5.32 Å². The topological polar surface area (TPSA) is 59.8 Å². The number of alkyl halides is 3. The van der Waals surface area contributed by atoms with E-state index in [1.807, 2.05) is 6.07 Å². The lowest BCUT2D eigenvalue weighted by atomic mass is 10.1. The Bertz CT molecular complexity index is 1210. The zero-order chi connectivity index (χ0) is 20.6. The van der Waals surface area contributed by atoms with Crippen LogP contribution in [-0.2, 0) is 13.2 Å². The monoisotopic (exact) mass is 396 g/mol. The van der Waals surface area contributed by atoms with Crippen LogP contribution in [0.15, 0.2) is 67.0 Å². The Morgan fingerprint density at radius 2 is 1.86 bits per heavy atom. The molecule has 0 fully saturated rings. The molecule has 0 unspecified atom stereocenters. The van der Waals surface area contributed by atoms with Crippen LogP contribution in [-0.4, -0.2) is 20.4 Å². The Labute approximate surface area is 163 Å². The highest BCUT2D eigenvalue weighted by Gasteiger charge is 2.30. The van der Waals surface area contributed by atoms with E-state index in [-0.39, 0.29) is 5.82 Å². The van der Waals surface area contributed by atoms with Gasteiger partial charge in [0.25, 0.3) is 5.91 Å². The van der Waals surface area contributed by atoms with E-state index < -0.39 is 17.6 Å². The lowest BCUT2D eigenvalue weighted by Gasteiger charge is -2.11. The minimum Gasteiger partial charge on any atom is -0.330 e. The molecule has 2 heterocycles. The third-order valence-corrected chi connectivity index (χ3v) is 4.48. The van der Waals surface area contributed by atoms with Gasteiger partial charge in [-0.05, 0) is 24.3 Å². The zero-order valence-electron chi connectivity index (χ0n) is 15.2. The van der Waals surface area contributed by atoms with Gasteiger partial charge in [-0.1, -0.05) is 30.3 Å². The van der Waals surface area contributed by atoms with Gasteiger partial charge in [-0.2, -0.15) is 13.2 Å². The Hall–Kier alpha value is -3.68. The highest BCUT2D eigenvalue weighted by atomic mass is 19.4. The summed E-state index contributed by atoms with van der Waals surface area (Å²) in [6, 6.07) is 13.7. The van der Waals surface area contributed by atoms with E-state index in [0.717, 1.165) is 17.5 Å². The first-order valence-electron chi connectivity index (χ1n) is 8.69. The fourth-order valence-corrected chi connectivity index (χ4v) is 3.03. The fraction of sp³-hybridized carbons (Fsp3) is 0.0952. The molecule has 5 nitrogen and oxygen atoms in total. The van der Waals surface area contributed by atoms with Gasteiger partial charge in [-0.25, -0.2) is 9.97 Å². The lowest BCUT2D eigenvalue weighted by Crippen LogP contribution is -2.17. The summed E-state index contributed by atoms with van der Waals surface area (Å²) in [4.78, 5) is 21.0. The smallest absolute Gasteiger partial charge is 0.330 e. The Kier molecular flexibility index (Phi) is 4.54. The number of anilines is 1. The maximum Gasteiger partial charge on any atom is 0.416 e. The second-order valence-electron chi connectivity index (χ2n) is 6.47. The predicted molar refractivity (Wildman–Crippen MR) is 103 cm³/mol. The van der Waals surface area contributed by atoms with Crippen molar-refractivity contribution in [2.24, 2.45) is 7.05 Å². The molecule has 2 aromatic carbocycles. The molecule has 0 spiro atoms. The van der Waals surface area contributed by atoms with Crippen molar-refractivity contribution in [3.05, 3.63) is 78.4 Å². The van der Waals surface area contributed by atoms with Crippen molar-refractivity contribution >= 4 is 22.5 Å². The molecule has 1 amide bonds. The Morgan fingerprint density at radius 3 is 2.59 bits per heavy atom. The molecule has 2 aromatic heterocycles. The number of imidazole rings is 1. The Balaban J connectivity index is 1.75. The second-order valence-corrected chi connectivity index (χ2v) is 6.47. The minimum absolute atomic E-state index is 0.232. The van der Waals surface area contributed by atoms with Crippen molar-refractivity contribution < 1.29 is 18.0 Å². The highest BCUT2D eigenvalue weighted by Crippen LogP contribution is 2.32. The molecule has 8 heteroatoms. The van der Waals surface area contributed by atoms with Gasteiger partial charge in [-0.15, -0.1) is 0 Å². The highest BCUT2D eigenvalue weighted by molar-refractivity contribution is 6.06. The van der Waals surface area contributed by atoms with E-state index in [9.17, 15) is 18.0 Å². The molecular weight excluding hydrogens is 381 g/mol. The number of pyridine rings is 1. The van der Waals surface area contributed by atoms with Crippen LogP contribution in [0.1, 0.15) is 16.2 Å². The summed E-state index contributed by atoms with van der Waals surface area (Å²) >= 11 is 0. The number of fused-ring (bicyclic) bond motifs is 1. The van der Waals surface area contributed by atoms with Crippen molar-refractivity contribution in [3.63, 3.8) is 0 Å². The van der Waals surface area contributed by atoms with E-state index in [0.29, 0.717) is 22.5 Å². The number of aromatic nitrogens is 3. The number of para-hydroxylation sites is 1. The first-order valence-corrected chi connectivity index (χ1v) is 8.69. The molecule has 0 aliphatic heterocycles. The van der Waals surface area contributed by atoms with E-state index in [2.05, 4.69) is 15.3 Å². The molecular formula is C21H15F3N4O. The van der Waals surface area contributed by atoms with Crippen molar-refractivity contribution in [1.29, 1.82) is 0 Å². The summed E-state index contributed by atoms with van der Waals surface area (Å²) in [7, 11) is 1.70. The van der Waals surface area contributed by atoms with Crippen LogP contribution in [0.4, 0.5) is 18.9 Å². The van der Waals surface area contributed by atoms with Crippen LogP contribution in [0.5, 0.6) is 0 Å². The normalized spacial score (nSPS) is 11.6. The van der Waals surface area contributed by atoms with Crippen LogP contribution in [0, 0.1) is 0 Å². The molecule has 0 aliphatic rings. The standard InChI is InChI=1S/C21H15F3N4O/c1-28-11-10-25-19(28)20(29)27-17-7-3-4-13-8-9-16(26-18(13)17)14-5-2-6-15(12-14)21(22,23)24/h2-12H,1H3,(H,27,29). The number of benzene rings is 2. The second kappa shape index (κ2) is 7.05. The number of nitrogens with zero attached hydrogens (tertiary/aromatic N) is 3. The molecule has 0 saturated carbocycles. The van der Waals surface area contributed by atoms with Crippen molar-refractivity contribution in [2.45, 2.75) is 6.18 Å². The number of aryl methyl sites for hydroxylation is 1. The van der Waals surface area contributed by atoms with E-state index in [4.69, 9.17) is 0 Å². The summed E-state index contributed by atoms with van der Waals surface area (Å²) in [5.41, 5.74) is 0.900. The molecule has 146 valence electrons. The Morgan fingerprint density at radius 1 is 1.07 bits per heavy atom. The fourth-order valence-electron chi connectivity index (χ4n) is 3.03. The van der Waals surface area contributed by atoms with Crippen LogP contribution in [0.3, 0.4) is 0 Å². The van der Waals surface area contributed by atoms with Gasteiger partial charge in [0.05, 0.1) is 22.5 Å². The quantitative estimate of drug-likeness (QED) is 0.536. The summed E-state index contributed by atoms with van der Waals surface area (Å²) < 4.78 is 40.7. The van der Waals surface area contributed by atoms with Crippen LogP contribution in [0.25, 0.3) is 22.2 Å². The first-order chi connectivity index (χ1) is 13.8. The maximum absolute atomic E-state index is 13.0. The predicted octanol–water partition coefficient (Wildman–Crippen LogP) is 4.91. The van der Waals surface area contributed by atoms with Crippen LogP contribution < -0.4 is 5.32 Å². The van der Waals surface area contributed by atoms with Crippen LogP contribution in [0.2, 0.25) is 0 Å². The van der Waals surface area contributed by atoms with Gasteiger partial charge in [0.1, 0.15) is 0 Å². The minimum atomic E-state index is -4.44. The molecule has 4 rings (SSSR count). The molecule has 0 radical (unpaired) electrons. The molecule has 0 bridgehead atoms. The summed E-state index contributed by atoms with van der Waals surface area (Å²) in [6.45, 7) is 0. The van der Waals surface area contributed by atoms with Gasteiger partial charge in [0.2, 0.25) is 0 Å². The zero-order valence-corrected chi connectivity index (χ0v) is 15.2. The lowest BCUT2D eigenvalue weighted by molar-refractivity contribution is -0.137. The van der Waals surface area contributed by atoms with Gasteiger partial charge in [0.15, 0.2) is 5.82 Å². The molecule has 1 N–H and O–H groups in total. The number of hydrogen-bond donors (Lipinski definition) is 1. The molecule has 29 heavy (non-hydrogen) atoms. The number of halogens is 3. The third kappa shape index (κ3) is 3.69.